The Morgan fingerprint density at radius 1 is 1.31 bits per heavy atom. The molecule has 196 valence electrons. The number of carbonyl (C=O) groups is 4. The lowest BCUT2D eigenvalue weighted by atomic mass is 9.90. The fraction of sp³-hybridized carbons (Fsp3) is 0.615. The zero-order valence-corrected chi connectivity index (χ0v) is 22.3. The molecule has 8 nitrogen and oxygen atoms in total. The molecule has 2 heterocycles. The Balaban J connectivity index is 1.51. The minimum atomic E-state index is -1.30. The molecule has 10 heteroatoms. The average molecular weight is 538 g/mol. The fourth-order valence-electron chi connectivity index (χ4n) is 5.90. The molecule has 3 fully saturated rings. The van der Waals surface area contributed by atoms with Crippen LogP contribution in [0.15, 0.2) is 18.2 Å². The number of aldehydes is 1. The molecule has 1 saturated carbocycles. The van der Waals surface area contributed by atoms with E-state index in [0.717, 1.165) is 19.3 Å². The predicted octanol–water partition coefficient (Wildman–Crippen LogP) is 3.23. The summed E-state index contributed by atoms with van der Waals surface area (Å²) in [5.41, 5.74) is -1.30. The van der Waals surface area contributed by atoms with Gasteiger partial charge in [0.25, 0.3) is 5.91 Å². The molecule has 1 aromatic carbocycles. The molecule has 0 radical (unpaired) electrons. The number of fused-ring (bicyclic) bond motifs is 1. The number of hydrogen-bond acceptors (Lipinski definition) is 5. The first-order valence-corrected chi connectivity index (χ1v) is 13.3. The Labute approximate surface area is 221 Å². The van der Waals surface area contributed by atoms with Gasteiger partial charge in [0.2, 0.25) is 11.8 Å². The summed E-state index contributed by atoms with van der Waals surface area (Å²) in [6, 6.07) is 3.28. The van der Waals surface area contributed by atoms with Crippen molar-refractivity contribution < 1.29 is 23.9 Å². The molecule has 0 bridgehead atoms. The minimum absolute atomic E-state index is 0.0184. The number of rotatable bonds is 8. The number of carbonyl (C=O) groups excluding carboxylic acids is 4. The van der Waals surface area contributed by atoms with Gasteiger partial charge in [-0.1, -0.05) is 36.5 Å². The number of amides is 3. The van der Waals surface area contributed by atoms with E-state index in [1.807, 2.05) is 6.92 Å². The average Bonchev–Trinajstić information content (AvgIpc) is 3.50. The van der Waals surface area contributed by atoms with E-state index < -0.39 is 17.7 Å². The zero-order valence-electron chi connectivity index (χ0n) is 20.8. The van der Waals surface area contributed by atoms with Gasteiger partial charge < -0.3 is 25.1 Å². The summed E-state index contributed by atoms with van der Waals surface area (Å²) >= 11 is 12.2. The van der Waals surface area contributed by atoms with Gasteiger partial charge >= 0.3 is 0 Å². The minimum Gasteiger partial charge on any atom is -0.476 e. The number of halogens is 2. The maximum absolute atomic E-state index is 13.7. The Morgan fingerprint density at radius 2 is 2.06 bits per heavy atom. The van der Waals surface area contributed by atoms with Gasteiger partial charge in [-0.25, -0.2) is 0 Å². The number of ether oxygens (including phenoxy) is 1. The van der Waals surface area contributed by atoms with Gasteiger partial charge in [-0.15, -0.1) is 0 Å². The fourth-order valence-corrected chi connectivity index (χ4v) is 6.34. The molecule has 2 N–H and O–H groups in total. The van der Waals surface area contributed by atoms with E-state index in [2.05, 4.69) is 10.6 Å². The Morgan fingerprint density at radius 3 is 2.69 bits per heavy atom. The number of likely N-dealkylation sites (tertiary alicyclic amines) is 1. The van der Waals surface area contributed by atoms with Crippen molar-refractivity contribution in [2.75, 3.05) is 13.1 Å². The molecule has 2 saturated heterocycles. The van der Waals surface area contributed by atoms with Crippen LogP contribution in [0, 0.1) is 23.7 Å². The monoisotopic (exact) mass is 537 g/mol. The molecular weight excluding hydrogens is 505 g/mol. The molecule has 1 aliphatic carbocycles. The summed E-state index contributed by atoms with van der Waals surface area (Å²) in [7, 11) is 0. The normalized spacial score (nSPS) is 28.4. The molecule has 0 spiro atoms. The second-order valence-electron chi connectivity index (χ2n) is 10.8. The van der Waals surface area contributed by atoms with Crippen LogP contribution in [0.4, 0.5) is 0 Å². The molecule has 3 amide bonds. The summed E-state index contributed by atoms with van der Waals surface area (Å²) in [4.78, 5) is 52.9. The number of nitrogens with one attached hydrogen (secondary N) is 2. The number of hydrogen-bond donors (Lipinski definition) is 2. The smallest absolute Gasteiger partial charge is 0.266 e. The Kier molecular flexibility index (Phi) is 7.86. The zero-order chi connectivity index (χ0) is 26.2. The van der Waals surface area contributed by atoms with Gasteiger partial charge in [-0.05, 0) is 69.1 Å². The molecule has 0 aromatic heterocycles. The third-order valence-corrected chi connectivity index (χ3v) is 8.35. The van der Waals surface area contributed by atoms with Gasteiger partial charge in [0.1, 0.15) is 18.1 Å². The van der Waals surface area contributed by atoms with Crippen LogP contribution in [-0.2, 0) is 19.2 Å². The van der Waals surface area contributed by atoms with E-state index in [9.17, 15) is 19.2 Å². The van der Waals surface area contributed by atoms with Crippen molar-refractivity contribution >= 4 is 47.2 Å². The maximum Gasteiger partial charge on any atom is 0.266 e. The van der Waals surface area contributed by atoms with Gasteiger partial charge in [0, 0.05) is 24.0 Å². The van der Waals surface area contributed by atoms with Gasteiger partial charge in [-0.3, -0.25) is 14.4 Å². The Bertz CT molecular complexity index is 1050. The number of nitrogens with zero attached hydrogens (tertiary/aromatic N) is 1. The first-order valence-electron chi connectivity index (χ1n) is 12.5. The van der Waals surface area contributed by atoms with E-state index in [-0.39, 0.29) is 52.8 Å². The second kappa shape index (κ2) is 10.6. The molecule has 2 aliphatic heterocycles. The van der Waals surface area contributed by atoms with Crippen LogP contribution in [0.1, 0.15) is 46.5 Å². The lowest BCUT2D eigenvalue weighted by molar-refractivity contribution is -0.150. The quantitative estimate of drug-likeness (QED) is 0.495. The third kappa shape index (κ3) is 5.35. The van der Waals surface area contributed by atoms with Gasteiger partial charge in [0.15, 0.2) is 5.60 Å². The third-order valence-electron chi connectivity index (χ3n) is 7.82. The summed E-state index contributed by atoms with van der Waals surface area (Å²) in [6.07, 6.45) is 3.70. The van der Waals surface area contributed by atoms with Crippen LogP contribution in [0.25, 0.3) is 0 Å². The molecule has 1 aromatic rings. The largest absolute Gasteiger partial charge is 0.476 e. The van der Waals surface area contributed by atoms with E-state index in [4.69, 9.17) is 27.9 Å². The highest BCUT2D eigenvalue weighted by Gasteiger charge is 2.52. The van der Waals surface area contributed by atoms with E-state index in [0.29, 0.717) is 30.1 Å². The van der Waals surface area contributed by atoms with Crippen LogP contribution in [0.5, 0.6) is 5.75 Å². The second-order valence-corrected chi connectivity index (χ2v) is 11.6. The van der Waals surface area contributed by atoms with Crippen molar-refractivity contribution in [2.24, 2.45) is 23.7 Å². The van der Waals surface area contributed by atoms with Crippen molar-refractivity contribution in [1.82, 2.24) is 15.5 Å². The summed E-state index contributed by atoms with van der Waals surface area (Å²) in [5.74, 6) is -0.479. The van der Waals surface area contributed by atoms with Crippen LogP contribution in [0.3, 0.4) is 0 Å². The highest BCUT2D eigenvalue weighted by atomic mass is 35.5. The SMILES string of the molecule is CC1CNC(=O)[C@@H]1C[C@@H](C=O)NC(=O)C1[C@@H]2CCC[C@H]2CN1C(=O)C(C)(C)Oc1ccc(Cl)cc1Cl. The maximum atomic E-state index is 13.7. The van der Waals surface area contributed by atoms with Crippen molar-refractivity contribution in [1.29, 1.82) is 0 Å². The predicted molar refractivity (Wildman–Crippen MR) is 136 cm³/mol. The molecule has 36 heavy (non-hydrogen) atoms. The molecule has 4 rings (SSSR count). The number of benzene rings is 1. The Hall–Kier alpha value is -2.32. The first kappa shape index (κ1) is 26.7. The van der Waals surface area contributed by atoms with Crippen LogP contribution >= 0.6 is 23.2 Å². The first-order chi connectivity index (χ1) is 17.0. The summed E-state index contributed by atoms with van der Waals surface area (Å²) in [5, 5.41) is 6.38. The van der Waals surface area contributed by atoms with Gasteiger partial charge in [0.05, 0.1) is 11.1 Å². The van der Waals surface area contributed by atoms with E-state index in [1.54, 1.807) is 36.9 Å². The lowest BCUT2D eigenvalue weighted by Crippen LogP contribution is -2.57. The lowest BCUT2D eigenvalue weighted by Gasteiger charge is -2.35. The van der Waals surface area contributed by atoms with Crippen molar-refractivity contribution in [2.45, 2.75) is 64.1 Å². The highest BCUT2D eigenvalue weighted by molar-refractivity contribution is 6.35. The van der Waals surface area contributed by atoms with Crippen LogP contribution in [0.2, 0.25) is 10.0 Å². The summed E-state index contributed by atoms with van der Waals surface area (Å²) < 4.78 is 6.01. The van der Waals surface area contributed by atoms with Gasteiger partial charge in [-0.2, -0.15) is 0 Å². The molecule has 3 aliphatic rings. The summed E-state index contributed by atoms with van der Waals surface area (Å²) in [6.45, 7) is 6.26. The van der Waals surface area contributed by atoms with Crippen molar-refractivity contribution in [3.63, 3.8) is 0 Å². The molecule has 2 unspecified atom stereocenters. The van der Waals surface area contributed by atoms with E-state index in [1.165, 1.54) is 0 Å². The standard InChI is InChI=1S/C26H33Cl2N3O5/c1-14-11-29-23(33)19(14)10-17(13-32)30-24(34)22-18-6-4-5-15(18)12-31(22)25(35)26(2,3)36-21-8-7-16(27)9-20(21)28/h7-9,13-15,17-19,22H,4-6,10-12H2,1-3H3,(H,29,33)(H,30,34)/t14?,15-,17-,18+,19+,22?/m0/s1. The molecular formula is C26H33Cl2N3O5. The van der Waals surface area contributed by atoms with Crippen molar-refractivity contribution in [3.05, 3.63) is 28.2 Å². The molecule has 6 atom stereocenters. The van der Waals surface area contributed by atoms with Crippen molar-refractivity contribution in [3.8, 4) is 5.75 Å². The van der Waals surface area contributed by atoms with E-state index >= 15 is 0 Å². The highest BCUT2D eigenvalue weighted by Crippen LogP contribution is 2.43. The topological polar surface area (TPSA) is 105 Å². The van der Waals surface area contributed by atoms with Crippen LogP contribution in [-0.4, -0.2) is 59.7 Å². The van der Waals surface area contributed by atoms with Crippen LogP contribution < -0.4 is 15.4 Å².